The summed E-state index contributed by atoms with van der Waals surface area (Å²) < 4.78 is 0.928. The molecule has 2 nitrogen and oxygen atoms in total. The molecule has 0 saturated heterocycles. The van der Waals surface area contributed by atoms with E-state index in [1.165, 1.54) is 33.6 Å². The van der Waals surface area contributed by atoms with Crippen LogP contribution in [-0.2, 0) is 6.42 Å². The van der Waals surface area contributed by atoms with E-state index in [-0.39, 0.29) is 11.5 Å². The fourth-order valence-corrected chi connectivity index (χ4v) is 4.66. The number of carbonyl (C=O) groups is 1. The van der Waals surface area contributed by atoms with Crippen LogP contribution >= 0.6 is 11.3 Å². The highest BCUT2D eigenvalue weighted by Gasteiger charge is 2.23. The van der Waals surface area contributed by atoms with Gasteiger partial charge in [-0.2, -0.15) is 0 Å². The van der Waals surface area contributed by atoms with Crippen molar-refractivity contribution in [2.24, 2.45) is 0 Å². The van der Waals surface area contributed by atoms with Crippen molar-refractivity contribution in [1.82, 2.24) is 0 Å². The predicted molar refractivity (Wildman–Crippen MR) is 102 cm³/mol. The summed E-state index contributed by atoms with van der Waals surface area (Å²) in [6.45, 7) is 0. The van der Waals surface area contributed by atoms with E-state index in [9.17, 15) is 9.90 Å². The standard InChI is InChI=1S/C22H14O2S/c23-20(22-21(24)18-7-3-4-8-19(18)25-22)14-9-10-17-15(12-14)11-13-5-1-2-6-16(13)17/h1-10,12,24H,11H2. The molecule has 0 spiro atoms. The van der Waals surface area contributed by atoms with Crippen molar-refractivity contribution in [2.75, 3.05) is 0 Å². The summed E-state index contributed by atoms with van der Waals surface area (Å²) in [5, 5.41) is 11.2. The van der Waals surface area contributed by atoms with Gasteiger partial charge < -0.3 is 5.11 Å². The van der Waals surface area contributed by atoms with Crippen molar-refractivity contribution >= 4 is 27.2 Å². The minimum atomic E-state index is -0.113. The van der Waals surface area contributed by atoms with Gasteiger partial charge in [0.25, 0.3) is 0 Å². The molecule has 120 valence electrons. The molecule has 1 aromatic heterocycles. The summed E-state index contributed by atoms with van der Waals surface area (Å²) in [6.07, 6.45) is 0.852. The Morgan fingerprint density at radius 3 is 2.52 bits per heavy atom. The van der Waals surface area contributed by atoms with E-state index < -0.39 is 0 Å². The molecule has 0 aliphatic heterocycles. The second-order valence-corrected chi connectivity index (χ2v) is 7.36. The number of hydrogen-bond donors (Lipinski definition) is 1. The Balaban J connectivity index is 1.59. The van der Waals surface area contributed by atoms with E-state index in [1.54, 1.807) is 0 Å². The van der Waals surface area contributed by atoms with Gasteiger partial charge in [0.2, 0.25) is 5.78 Å². The molecule has 1 aliphatic carbocycles. The number of hydrogen-bond acceptors (Lipinski definition) is 3. The molecule has 1 aliphatic rings. The molecule has 0 bridgehead atoms. The van der Waals surface area contributed by atoms with Crippen LogP contribution in [0.4, 0.5) is 0 Å². The van der Waals surface area contributed by atoms with Crippen LogP contribution < -0.4 is 0 Å². The quantitative estimate of drug-likeness (QED) is 0.436. The Morgan fingerprint density at radius 1 is 0.880 bits per heavy atom. The van der Waals surface area contributed by atoms with Crippen molar-refractivity contribution in [3.63, 3.8) is 0 Å². The zero-order chi connectivity index (χ0) is 17.0. The average Bonchev–Trinajstić information content (AvgIpc) is 3.19. The van der Waals surface area contributed by atoms with Crippen molar-refractivity contribution in [1.29, 1.82) is 0 Å². The maximum Gasteiger partial charge on any atom is 0.206 e. The zero-order valence-corrected chi connectivity index (χ0v) is 14.1. The van der Waals surface area contributed by atoms with Crippen molar-refractivity contribution in [3.05, 3.63) is 88.3 Å². The van der Waals surface area contributed by atoms with Gasteiger partial charge in [-0.25, -0.2) is 0 Å². The van der Waals surface area contributed by atoms with Crippen LogP contribution in [0.15, 0.2) is 66.7 Å². The summed E-state index contributed by atoms with van der Waals surface area (Å²) in [5.74, 6) is -0.0214. The van der Waals surface area contributed by atoms with E-state index in [0.717, 1.165) is 16.5 Å². The largest absolute Gasteiger partial charge is 0.506 e. The van der Waals surface area contributed by atoms with Crippen molar-refractivity contribution in [3.8, 4) is 16.9 Å². The number of benzene rings is 3. The van der Waals surface area contributed by atoms with Gasteiger partial charge in [-0.3, -0.25) is 4.79 Å². The van der Waals surface area contributed by atoms with E-state index in [0.29, 0.717) is 10.4 Å². The normalized spacial score (nSPS) is 12.2. The number of fused-ring (bicyclic) bond motifs is 4. The molecule has 4 aromatic rings. The fourth-order valence-electron chi connectivity index (χ4n) is 3.60. The van der Waals surface area contributed by atoms with Crippen LogP contribution in [0.25, 0.3) is 21.2 Å². The van der Waals surface area contributed by atoms with Gasteiger partial charge in [-0.1, -0.05) is 48.5 Å². The second-order valence-electron chi connectivity index (χ2n) is 6.31. The lowest BCUT2D eigenvalue weighted by Gasteiger charge is -2.04. The third-order valence-corrected chi connectivity index (χ3v) is 5.99. The van der Waals surface area contributed by atoms with Crippen molar-refractivity contribution in [2.45, 2.75) is 6.42 Å². The molecule has 0 radical (unpaired) electrons. The van der Waals surface area contributed by atoms with Crippen molar-refractivity contribution < 1.29 is 9.90 Å². The van der Waals surface area contributed by atoms with E-state index in [4.69, 9.17) is 0 Å². The first kappa shape index (κ1) is 14.4. The van der Waals surface area contributed by atoms with Gasteiger partial charge in [-0.05, 0) is 46.9 Å². The number of thiophene rings is 1. The molecule has 0 atom stereocenters. The average molecular weight is 342 g/mol. The number of rotatable bonds is 2. The maximum absolute atomic E-state index is 13.0. The molecule has 3 aromatic carbocycles. The van der Waals surface area contributed by atoms with E-state index in [2.05, 4.69) is 12.1 Å². The predicted octanol–water partition coefficient (Wildman–Crippen LogP) is 5.41. The Morgan fingerprint density at radius 2 is 1.64 bits per heavy atom. The molecular weight excluding hydrogens is 328 g/mol. The van der Waals surface area contributed by atoms with Gasteiger partial charge in [0, 0.05) is 15.6 Å². The molecule has 1 N–H and O–H groups in total. The lowest BCUT2D eigenvalue weighted by atomic mass is 10.0. The van der Waals surface area contributed by atoms with Crippen LogP contribution in [0.3, 0.4) is 0 Å². The monoisotopic (exact) mass is 342 g/mol. The summed E-state index contributed by atoms with van der Waals surface area (Å²) in [5.41, 5.74) is 5.56. The summed E-state index contributed by atoms with van der Waals surface area (Å²) in [4.78, 5) is 13.4. The molecule has 0 saturated carbocycles. The Hall–Kier alpha value is -2.91. The van der Waals surface area contributed by atoms with Crippen LogP contribution in [0, 0.1) is 0 Å². The topological polar surface area (TPSA) is 37.3 Å². The van der Waals surface area contributed by atoms with Crippen LogP contribution in [0.1, 0.15) is 26.4 Å². The van der Waals surface area contributed by atoms with Gasteiger partial charge in [0.1, 0.15) is 10.6 Å². The highest BCUT2D eigenvalue weighted by molar-refractivity contribution is 7.21. The molecule has 1 heterocycles. The molecule has 25 heavy (non-hydrogen) atoms. The molecule has 0 unspecified atom stereocenters. The lowest BCUT2D eigenvalue weighted by Crippen LogP contribution is -2.00. The fraction of sp³-hybridized carbons (Fsp3) is 0.0455. The Kier molecular flexibility index (Phi) is 3.06. The summed E-state index contributed by atoms with van der Waals surface area (Å²) in [7, 11) is 0. The Labute approximate surface area is 149 Å². The van der Waals surface area contributed by atoms with Gasteiger partial charge >= 0.3 is 0 Å². The first-order valence-electron chi connectivity index (χ1n) is 8.19. The second kappa shape index (κ2) is 5.30. The van der Waals surface area contributed by atoms with E-state index in [1.807, 2.05) is 54.6 Å². The third-order valence-electron chi connectivity index (χ3n) is 4.83. The Bertz CT molecular complexity index is 1150. The van der Waals surface area contributed by atoms with E-state index >= 15 is 0 Å². The molecule has 5 rings (SSSR count). The number of aromatic hydroxyl groups is 1. The number of ketones is 1. The maximum atomic E-state index is 13.0. The molecule has 0 amide bonds. The van der Waals surface area contributed by atoms with Crippen LogP contribution in [0.2, 0.25) is 0 Å². The highest BCUT2D eigenvalue weighted by Crippen LogP contribution is 2.40. The number of carbonyl (C=O) groups excluding carboxylic acids is 1. The zero-order valence-electron chi connectivity index (χ0n) is 13.3. The van der Waals surface area contributed by atoms with Gasteiger partial charge in [0.05, 0.1) is 0 Å². The third kappa shape index (κ3) is 2.13. The minimum Gasteiger partial charge on any atom is -0.506 e. The molecule has 3 heteroatoms. The lowest BCUT2D eigenvalue weighted by molar-refractivity contribution is 0.104. The first-order valence-corrected chi connectivity index (χ1v) is 9.00. The van der Waals surface area contributed by atoms with Crippen LogP contribution in [0.5, 0.6) is 5.75 Å². The first-order chi connectivity index (χ1) is 12.2. The summed E-state index contributed by atoms with van der Waals surface area (Å²) >= 11 is 1.35. The van der Waals surface area contributed by atoms with Gasteiger partial charge in [0.15, 0.2) is 0 Å². The summed E-state index contributed by atoms with van der Waals surface area (Å²) in [6, 6.07) is 21.8. The molecule has 0 fully saturated rings. The van der Waals surface area contributed by atoms with Gasteiger partial charge in [-0.15, -0.1) is 11.3 Å². The smallest absolute Gasteiger partial charge is 0.206 e. The SMILES string of the molecule is O=C(c1ccc2c(c1)Cc1ccccc1-2)c1sc2ccccc2c1O. The molecular formula is C22H14O2S. The minimum absolute atomic E-state index is 0.0920. The van der Waals surface area contributed by atoms with Crippen LogP contribution in [-0.4, -0.2) is 10.9 Å². The highest BCUT2D eigenvalue weighted by atomic mass is 32.1.